The summed E-state index contributed by atoms with van der Waals surface area (Å²) in [6.45, 7) is 7.41. The molecule has 1 aromatic carbocycles. The summed E-state index contributed by atoms with van der Waals surface area (Å²) in [5.41, 5.74) is 3.91. The van der Waals surface area contributed by atoms with Gasteiger partial charge in [-0.15, -0.1) is 0 Å². The lowest BCUT2D eigenvalue weighted by molar-refractivity contribution is 0.0637. The van der Waals surface area contributed by atoms with Gasteiger partial charge in [-0.25, -0.2) is 0 Å². The Hall–Kier alpha value is -2.86. The number of benzene rings is 1. The Kier molecular flexibility index (Phi) is 5.58. The third-order valence-electron chi connectivity index (χ3n) is 5.48. The van der Waals surface area contributed by atoms with E-state index in [-0.39, 0.29) is 5.91 Å². The van der Waals surface area contributed by atoms with Gasteiger partial charge < -0.3 is 20.1 Å². The van der Waals surface area contributed by atoms with Gasteiger partial charge in [0.05, 0.1) is 0 Å². The summed E-state index contributed by atoms with van der Waals surface area (Å²) in [7, 11) is 0. The maximum atomic E-state index is 12.8. The molecule has 2 aromatic heterocycles. The van der Waals surface area contributed by atoms with Crippen LogP contribution >= 0.6 is 0 Å². The van der Waals surface area contributed by atoms with Gasteiger partial charge in [-0.2, -0.15) is 0 Å². The standard InChI is InChI=1S/C22H27N5O/c1-2-26-11-13-27(14-12-26)22(28)21-15-18(8-10-24-21)23-9-7-17-16-25-20-6-4-3-5-19(17)20/h3-6,8,10,15-16,25H,2,7,9,11-14H2,1H3,(H,23,24). The van der Waals surface area contributed by atoms with E-state index in [1.165, 1.54) is 10.9 Å². The number of hydrogen-bond donors (Lipinski definition) is 2. The minimum absolute atomic E-state index is 0.0241. The van der Waals surface area contributed by atoms with E-state index in [1.54, 1.807) is 6.20 Å². The van der Waals surface area contributed by atoms with Crippen LogP contribution in [0.1, 0.15) is 23.0 Å². The molecular formula is C22H27N5O. The average Bonchev–Trinajstić information content (AvgIpc) is 3.17. The van der Waals surface area contributed by atoms with Crippen LogP contribution < -0.4 is 5.32 Å². The number of H-pyrrole nitrogens is 1. The summed E-state index contributed by atoms with van der Waals surface area (Å²) in [5.74, 6) is 0.0241. The van der Waals surface area contributed by atoms with Crippen LogP contribution in [0.4, 0.5) is 5.69 Å². The Bertz CT molecular complexity index is 943. The molecule has 0 aliphatic carbocycles. The van der Waals surface area contributed by atoms with Crippen molar-refractivity contribution in [3.05, 3.63) is 60.0 Å². The van der Waals surface area contributed by atoms with Crippen molar-refractivity contribution in [2.24, 2.45) is 0 Å². The number of nitrogens with one attached hydrogen (secondary N) is 2. The first-order valence-electron chi connectivity index (χ1n) is 10.0. The molecule has 1 saturated heterocycles. The SMILES string of the molecule is CCN1CCN(C(=O)c2cc(NCCc3c[nH]c4ccccc34)ccn2)CC1. The highest BCUT2D eigenvalue weighted by atomic mass is 16.2. The highest BCUT2D eigenvalue weighted by Crippen LogP contribution is 2.18. The third kappa shape index (κ3) is 4.02. The molecule has 0 bridgehead atoms. The number of nitrogens with zero attached hydrogens (tertiary/aromatic N) is 3. The van der Waals surface area contributed by atoms with E-state index in [1.807, 2.05) is 23.1 Å². The van der Waals surface area contributed by atoms with E-state index in [0.717, 1.165) is 56.9 Å². The van der Waals surface area contributed by atoms with Gasteiger partial charge in [-0.1, -0.05) is 25.1 Å². The number of rotatable bonds is 6. The number of piperazine rings is 1. The van der Waals surface area contributed by atoms with E-state index in [0.29, 0.717) is 5.69 Å². The molecule has 1 amide bonds. The van der Waals surface area contributed by atoms with E-state index in [9.17, 15) is 4.79 Å². The van der Waals surface area contributed by atoms with E-state index in [4.69, 9.17) is 0 Å². The van der Waals surface area contributed by atoms with Crippen LogP contribution in [-0.2, 0) is 6.42 Å². The number of carbonyl (C=O) groups is 1. The summed E-state index contributed by atoms with van der Waals surface area (Å²) in [5, 5.41) is 4.69. The summed E-state index contributed by atoms with van der Waals surface area (Å²) >= 11 is 0. The number of hydrogen-bond acceptors (Lipinski definition) is 4. The summed E-state index contributed by atoms with van der Waals surface area (Å²) < 4.78 is 0. The first-order valence-corrected chi connectivity index (χ1v) is 10.0. The van der Waals surface area contributed by atoms with Crippen molar-refractivity contribution < 1.29 is 4.79 Å². The molecule has 1 fully saturated rings. The zero-order valence-electron chi connectivity index (χ0n) is 16.3. The van der Waals surface area contributed by atoms with Crippen molar-refractivity contribution >= 4 is 22.5 Å². The van der Waals surface area contributed by atoms with Gasteiger partial charge in [-0.05, 0) is 36.7 Å². The Morgan fingerprint density at radius 2 is 2.00 bits per heavy atom. The maximum absolute atomic E-state index is 12.8. The lowest BCUT2D eigenvalue weighted by Crippen LogP contribution is -2.48. The average molecular weight is 377 g/mol. The van der Waals surface area contributed by atoms with Crippen molar-refractivity contribution in [2.75, 3.05) is 44.6 Å². The Morgan fingerprint density at radius 1 is 1.18 bits per heavy atom. The number of aromatic amines is 1. The first kappa shape index (κ1) is 18.5. The van der Waals surface area contributed by atoms with Crippen molar-refractivity contribution in [1.29, 1.82) is 0 Å². The fourth-order valence-corrected chi connectivity index (χ4v) is 3.77. The van der Waals surface area contributed by atoms with Crippen LogP contribution in [-0.4, -0.2) is 64.9 Å². The fraction of sp³-hybridized carbons (Fsp3) is 0.364. The second kappa shape index (κ2) is 8.44. The van der Waals surface area contributed by atoms with Crippen molar-refractivity contribution in [3.8, 4) is 0 Å². The van der Waals surface area contributed by atoms with Crippen molar-refractivity contribution in [2.45, 2.75) is 13.3 Å². The van der Waals surface area contributed by atoms with Gasteiger partial charge in [0.15, 0.2) is 0 Å². The minimum Gasteiger partial charge on any atom is -0.385 e. The Labute approximate surface area is 165 Å². The molecular weight excluding hydrogens is 350 g/mol. The predicted octanol–water partition coefficient (Wildman–Crippen LogP) is 3.00. The van der Waals surface area contributed by atoms with E-state index >= 15 is 0 Å². The Balaban J connectivity index is 1.35. The van der Waals surface area contributed by atoms with Crippen LogP contribution in [0.25, 0.3) is 10.9 Å². The molecule has 6 heteroatoms. The lowest BCUT2D eigenvalue weighted by Gasteiger charge is -2.33. The van der Waals surface area contributed by atoms with Crippen LogP contribution in [0.15, 0.2) is 48.8 Å². The topological polar surface area (TPSA) is 64.3 Å². The maximum Gasteiger partial charge on any atom is 0.272 e. The largest absolute Gasteiger partial charge is 0.385 e. The smallest absolute Gasteiger partial charge is 0.272 e. The van der Waals surface area contributed by atoms with Crippen LogP contribution in [0.2, 0.25) is 0 Å². The number of carbonyl (C=O) groups excluding carboxylic acids is 1. The molecule has 146 valence electrons. The van der Waals surface area contributed by atoms with Crippen LogP contribution in [0, 0.1) is 0 Å². The number of likely N-dealkylation sites (N-methyl/N-ethyl adjacent to an activating group) is 1. The van der Waals surface area contributed by atoms with Crippen LogP contribution in [0.5, 0.6) is 0 Å². The van der Waals surface area contributed by atoms with E-state index in [2.05, 4.69) is 51.5 Å². The number of aromatic nitrogens is 2. The van der Waals surface area contributed by atoms with Gasteiger partial charge in [-0.3, -0.25) is 9.78 Å². The van der Waals surface area contributed by atoms with Gasteiger partial charge >= 0.3 is 0 Å². The quantitative estimate of drug-likeness (QED) is 0.693. The molecule has 28 heavy (non-hydrogen) atoms. The van der Waals surface area contributed by atoms with Crippen molar-refractivity contribution in [3.63, 3.8) is 0 Å². The number of pyridine rings is 1. The summed E-state index contributed by atoms with van der Waals surface area (Å²) in [6, 6.07) is 12.1. The van der Waals surface area contributed by atoms with Gasteiger partial charge in [0.25, 0.3) is 5.91 Å². The molecule has 2 N–H and O–H groups in total. The molecule has 6 nitrogen and oxygen atoms in total. The first-order chi connectivity index (χ1) is 13.7. The molecule has 3 heterocycles. The van der Waals surface area contributed by atoms with Gasteiger partial charge in [0.1, 0.15) is 5.69 Å². The normalized spacial score (nSPS) is 15.1. The zero-order chi connectivity index (χ0) is 19.3. The zero-order valence-corrected chi connectivity index (χ0v) is 16.3. The number of para-hydroxylation sites is 1. The molecule has 3 aromatic rings. The molecule has 0 radical (unpaired) electrons. The van der Waals surface area contributed by atoms with E-state index < -0.39 is 0 Å². The van der Waals surface area contributed by atoms with Crippen molar-refractivity contribution in [1.82, 2.24) is 19.8 Å². The predicted molar refractivity (Wildman–Crippen MR) is 113 cm³/mol. The number of fused-ring (bicyclic) bond motifs is 1. The molecule has 0 saturated carbocycles. The second-order valence-electron chi connectivity index (χ2n) is 7.19. The summed E-state index contributed by atoms with van der Waals surface area (Å²) in [6.07, 6.45) is 4.70. The number of anilines is 1. The second-order valence-corrected chi connectivity index (χ2v) is 7.19. The molecule has 0 atom stereocenters. The Morgan fingerprint density at radius 3 is 2.82 bits per heavy atom. The summed E-state index contributed by atoms with van der Waals surface area (Å²) in [4.78, 5) is 24.7. The molecule has 4 rings (SSSR count). The molecule has 0 spiro atoms. The fourth-order valence-electron chi connectivity index (χ4n) is 3.77. The monoisotopic (exact) mass is 377 g/mol. The molecule has 0 unspecified atom stereocenters. The third-order valence-corrected chi connectivity index (χ3v) is 5.48. The van der Waals surface area contributed by atoms with Gasteiger partial charge in [0, 0.05) is 61.7 Å². The van der Waals surface area contributed by atoms with Gasteiger partial charge in [0.2, 0.25) is 0 Å². The molecule has 1 aliphatic heterocycles. The molecule has 1 aliphatic rings. The van der Waals surface area contributed by atoms with Crippen LogP contribution in [0.3, 0.4) is 0 Å². The minimum atomic E-state index is 0.0241. The lowest BCUT2D eigenvalue weighted by atomic mass is 10.1. The number of amides is 1. The highest BCUT2D eigenvalue weighted by Gasteiger charge is 2.22. The highest BCUT2D eigenvalue weighted by molar-refractivity contribution is 5.93.